The second-order valence-electron chi connectivity index (χ2n) is 11.2. The van der Waals surface area contributed by atoms with Gasteiger partial charge in [0.05, 0.1) is 25.7 Å². The molecule has 1 fully saturated rings. The average Bonchev–Trinajstić information content (AvgIpc) is 3.04. The van der Waals surface area contributed by atoms with Crippen LogP contribution in [0.15, 0.2) is 84.9 Å². The summed E-state index contributed by atoms with van der Waals surface area (Å²) >= 11 is 0. The van der Waals surface area contributed by atoms with Crippen LogP contribution in [0.1, 0.15) is 67.3 Å². The van der Waals surface area contributed by atoms with Crippen LogP contribution >= 0.6 is 0 Å². The van der Waals surface area contributed by atoms with Gasteiger partial charge in [-0.3, -0.25) is 14.4 Å². The van der Waals surface area contributed by atoms with Gasteiger partial charge in [0, 0.05) is 18.0 Å². The molecule has 0 unspecified atom stereocenters. The summed E-state index contributed by atoms with van der Waals surface area (Å²) in [5.74, 6) is 0.422. The lowest BCUT2D eigenvalue weighted by Crippen LogP contribution is -2.50. The largest absolute Gasteiger partial charge is 0.469 e. The van der Waals surface area contributed by atoms with Crippen molar-refractivity contribution in [3.8, 4) is 11.5 Å². The van der Waals surface area contributed by atoms with Crippen molar-refractivity contribution >= 4 is 17.8 Å². The van der Waals surface area contributed by atoms with E-state index in [1.54, 1.807) is 18.2 Å². The normalized spacial score (nSPS) is 15.5. The molecule has 3 aromatic rings. The Balaban J connectivity index is 1.48. The summed E-state index contributed by atoms with van der Waals surface area (Å²) in [6.07, 6.45) is 4.93. The zero-order chi connectivity index (χ0) is 30.4. The molecule has 3 aromatic carbocycles. The van der Waals surface area contributed by atoms with Crippen LogP contribution in [-0.4, -0.2) is 48.2 Å². The molecule has 228 valence electrons. The molecule has 1 aliphatic rings. The quantitative estimate of drug-likeness (QED) is 0.212. The Morgan fingerprint density at radius 1 is 0.837 bits per heavy atom. The maximum atomic E-state index is 13.5. The molecule has 8 nitrogen and oxygen atoms in total. The SMILES string of the molecule is COC(=O)CCC(=O)N[C@@H](Cc1ccccc1)[C@@H](O)C[C@@H](NC(=O)c1cccc(Oc2ccccc2)c1)C1CCCCC1. The third-order valence-corrected chi connectivity index (χ3v) is 8.00. The number of benzene rings is 3. The van der Waals surface area contributed by atoms with Gasteiger partial charge in [-0.25, -0.2) is 0 Å². The van der Waals surface area contributed by atoms with E-state index in [2.05, 4.69) is 15.4 Å². The predicted octanol–water partition coefficient (Wildman–Crippen LogP) is 5.59. The highest BCUT2D eigenvalue weighted by molar-refractivity contribution is 5.94. The van der Waals surface area contributed by atoms with E-state index in [1.807, 2.05) is 66.7 Å². The number of para-hydroxylation sites is 1. The highest BCUT2D eigenvalue weighted by atomic mass is 16.5. The van der Waals surface area contributed by atoms with E-state index in [0.29, 0.717) is 23.5 Å². The third-order valence-electron chi connectivity index (χ3n) is 8.00. The van der Waals surface area contributed by atoms with Crippen LogP contribution in [0.25, 0.3) is 0 Å². The summed E-state index contributed by atoms with van der Waals surface area (Å²) in [7, 11) is 1.29. The lowest BCUT2D eigenvalue weighted by molar-refractivity contribution is -0.142. The van der Waals surface area contributed by atoms with Crippen molar-refractivity contribution in [2.24, 2.45) is 5.92 Å². The van der Waals surface area contributed by atoms with E-state index < -0.39 is 18.1 Å². The average molecular weight is 587 g/mol. The molecule has 3 atom stereocenters. The Bertz CT molecular complexity index is 1310. The minimum Gasteiger partial charge on any atom is -0.469 e. The Morgan fingerprint density at radius 2 is 1.51 bits per heavy atom. The standard InChI is InChI=1S/C35H42N2O6/c1-42-34(40)21-20-33(39)36-31(22-25-12-5-2-6-13-25)32(38)24-30(26-14-7-3-8-15-26)37-35(41)27-16-11-19-29(23-27)43-28-17-9-4-10-18-28/h2,4-6,9-13,16-19,23,26,30-32,38H,3,7-8,14-15,20-22,24H2,1H3,(H,36,39)(H,37,41)/t30-,31+,32+/m1/s1. The Kier molecular flexibility index (Phi) is 12.2. The van der Waals surface area contributed by atoms with E-state index in [1.165, 1.54) is 7.11 Å². The minimum atomic E-state index is -0.928. The first kappa shape index (κ1) is 31.8. The molecular formula is C35H42N2O6. The van der Waals surface area contributed by atoms with Crippen molar-refractivity contribution in [2.75, 3.05) is 7.11 Å². The number of carbonyl (C=O) groups is 3. The first-order chi connectivity index (χ1) is 20.9. The minimum absolute atomic E-state index is 0.0329. The van der Waals surface area contributed by atoms with Crippen molar-refractivity contribution in [2.45, 2.75) is 76.0 Å². The highest BCUT2D eigenvalue weighted by Gasteiger charge is 2.31. The van der Waals surface area contributed by atoms with Gasteiger partial charge in [0.2, 0.25) is 5.91 Å². The van der Waals surface area contributed by atoms with Crippen molar-refractivity contribution in [1.82, 2.24) is 10.6 Å². The van der Waals surface area contributed by atoms with Gasteiger partial charge in [-0.05, 0) is 67.5 Å². The summed E-state index contributed by atoms with van der Waals surface area (Å²) in [5, 5.41) is 17.7. The van der Waals surface area contributed by atoms with E-state index in [-0.39, 0.29) is 43.0 Å². The van der Waals surface area contributed by atoms with Crippen molar-refractivity contribution in [3.05, 3.63) is 96.1 Å². The lowest BCUT2D eigenvalue weighted by Gasteiger charge is -2.34. The van der Waals surface area contributed by atoms with Crippen LogP contribution in [0.2, 0.25) is 0 Å². The van der Waals surface area contributed by atoms with Gasteiger partial charge in [0.25, 0.3) is 5.91 Å². The second-order valence-corrected chi connectivity index (χ2v) is 11.2. The van der Waals surface area contributed by atoms with Crippen molar-refractivity contribution in [1.29, 1.82) is 0 Å². The maximum Gasteiger partial charge on any atom is 0.306 e. The molecule has 2 amide bonds. The number of hydrogen-bond acceptors (Lipinski definition) is 6. The highest BCUT2D eigenvalue weighted by Crippen LogP contribution is 2.30. The van der Waals surface area contributed by atoms with E-state index in [9.17, 15) is 19.5 Å². The molecule has 0 aliphatic heterocycles. The van der Waals surface area contributed by atoms with E-state index >= 15 is 0 Å². The molecule has 0 aromatic heterocycles. The molecule has 0 bridgehead atoms. The van der Waals surface area contributed by atoms with Crippen molar-refractivity contribution < 1.29 is 29.0 Å². The van der Waals surface area contributed by atoms with Crippen LogP contribution in [0.3, 0.4) is 0 Å². The van der Waals surface area contributed by atoms with Gasteiger partial charge >= 0.3 is 5.97 Å². The molecule has 1 aliphatic carbocycles. The summed E-state index contributed by atoms with van der Waals surface area (Å²) in [6.45, 7) is 0. The smallest absolute Gasteiger partial charge is 0.306 e. The fourth-order valence-corrected chi connectivity index (χ4v) is 5.66. The first-order valence-electron chi connectivity index (χ1n) is 15.1. The fraction of sp³-hybridized carbons (Fsp3) is 0.400. The number of esters is 1. The zero-order valence-corrected chi connectivity index (χ0v) is 24.7. The fourth-order valence-electron chi connectivity index (χ4n) is 5.66. The van der Waals surface area contributed by atoms with Gasteiger partial charge in [0.15, 0.2) is 0 Å². The number of amides is 2. The number of hydrogen-bond donors (Lipinski definition) is 3. The van der Waals surface area contributed by atoms with Crippen LogP contribution in [0, 0.1) is 5.92 Å². The topological polar surface area (TPSA) is 114 Å². The molecule has 0 saturated heterocycles. The number of methoxy groups -OCH3 is 1. The molecule has 0 spiro atoms. The number of carbonyl (C=O) groups excluding carboxylic acids is 3. The molecule has 43 heavy (non-hydrogen) atoms. The second kappa shape index (κ2) is 16.5. The number of nitrogens with one attached hydrogen (secondary N) is 2. The van der Waals surface area contributed by atoms with E-state index in [4.69, 9.17) is 4.74 Å². The number of rotatable bonds is 14. The van der Waals surface area contributed by atoms with Gasteiger partial charge in [0.1, 0.15) is 11.5 Å². The van der Waals surface area contributed by atoms with Crippen molar-refractivity contribution in [3.63, 3.8) is 0 Å². The summed E-state index contributed by atoms with van der Waals surface area (Å²) in [4.78, 5) is 37.9. The van der Waals surface area contributed by atoms with Gasteiger partial charge in [-0.1, -0.05) is 73.9 Å². The maximum absolute atomic E-state index is 13.5. The first-order valence-corrected chi connectivity index (χ1v) is 15.1. The number of aliphatic hydroxyl groups excluding tert-OH is 1. The summed E-state index contributed by atoms with van der Waals surface area (Å²) in [6, 6.07) is 25.2. The van der Waals surface area contributed by atoms with E-state index in [0.717, 1.165) is 37.7 Å². The zero-order valence-electron chi connectivity index (χ0n) is 24.7. The van der Waals surface area contributed by atoms with Gasteiger partial charge < -0.3 is 25.2 Å². The molecule has 0 heterocycles. The van der Waals surface area contributed by atoms with Crippen LogP contribution < -0.4 is 15.4 Å². The predicted molar refractivity (Wildman–Crippen MR) is 165 cm³/mol. The Labute approximate surface area is 253 Å². The Hall–Kier alpha value is -4.17. The van der Waals surface area contributed by atoms with Crippen LogP contribution in [-0.2, 0) is 20.7 Å². The van der Waals surface area contributed by atoms with Crippen LogP contribution in [0.4, 0.5) is 0 Å². The Morgan fingerprint density at radius 3 is 2.21 bits per heavy atom. The molecule has 8 heteroatoms. The van der Waals surface area contributed by atoms with Gasteiger partial charge in [-0.2, -0.15) is 0 Å². The number of aliphatic hydroxyl groups is 1. The molecule has 1 saturated carbocycles. The summed E-state index contributed by atoms with van der Waals surface area (Å²) in [5.41, 5.74) is 1.44. The third kappa shape index (κ3) is 10.3. The summed E-state index contributed by atoms with van der Waals surface area (Å²) < 4.78 is 10.6. The molecule has 4 rings (SSSR count). The monoisotopic (exact) mass is 586 g/mol. The van der Waals surface area contributed by atoms with Gasteiger partial charge in [-0.15, -0.1) is 0 Å². The molecule has 3 N–H and O–H groups in total. The molecular weight excluding hydrogens is 544 g/mol. The van der Waals surface area contributed by atoms with Crippen LogP contribution in [0.5, 0.6) is 11.5 Å². The molecule has 0 radical (unpaired) electrons. The number of ether oxygens (including phenoxy) is 2. The lowest BCUT2D eigenvalue weighted by atomic mass is 9.80.